The minimum Gasteiger partial charge on any atom is -0.453 e. The minimum atomic E-state index is -0.342. The normalized spacial score (nSPS) is 18.8. The zero-order chi connectivity index (χ0) is 13.7. The number of amides is 2. The summed E-state index contributed by atoms with van der Waals surface area (Å²) in [6.45, 7) is 1.12. The zero-order valence-electron chi connectivity index (χ0n) is 10.7. The number of hydrogen-bond donors (Lipinski definition) is 1. The number of methoxy groups -OCH3 is 1. The quantitative estimate of drug-likeness (QED) is 0.858. The fourth-order valence-electron chi connectivity index (χ4n) is 1.96. The largest absolute Gasteiger partial charge is 0.453 e. The van der Waals surface area contributed by atoms with Gasteiger partial charge in [0.2, 0.25) is 5.91 Å². The van der Waals surface area contributed by atoms with Gasteiger partial charge in [0.1, 0.15) is 0 Å². The zero-order valence-corrected chi connectivity index (χ0v) is 11.5. The van der Waals surface area contributed by atoms with Crippen molar-refractivity contribution < 1.29 is 14.3 Å². The summed E-state index contributed by atoms with van der Waals surface area (Å²) in [5.41, 5.74) is 1.02. The van der Waals surface area contributed by atoms with Crippen molar-refractivity contribution in [2.24, 2.45) is 0 Å². The van der Waals surface area contributed by atoms with E-state index in [0.717, 1.165) is 12.0 Å². The first kappa shape index (κ1) is 13.6. The van der Waals surface area contributed by atoms with Gasteiger partial charge in [0.15, 0.2) is 0 Å². The van der Waals surface area contributed by atoms with Crippen LogP contribution in [0.3, 0.4) is 0 Å². The van der Waals surface area contributed by atoms with Gasteiger partial charge in [-0.1, -0.05) is 0 Å². The summed E-state index contributed by atoms with van der Waals surface area (Å²) in [7, 11) is 1.36. The molecule has 0 aliphatic carbocycles. The molecule has 0 saturated carbocycles. The van der Waals surface area contributed by atoms with Crippen molar-refractivity contribution in [3.8, 4) is 0 Å². The van der Waals surface area contributed by atoms with E-state index in [1.165, 1.54) is 13.2 Å². The number of likely N-dealkylation sites (tertiary alicyclic amines) is 1. The Hall–Kier alpha value is -1.82. The molecule has 1 aromatic heterocycles. The van der Waals surface area contributed by atoms with Crippen LogP contribution in [0.25, 0.3) is 6.08 Å². The summed E-state index contributed by atoms with van der Waals surface area (Å²) in [5.74, 6) is -0.136. The molecule has 5 nitrogen and oxygen atoms in total. The topological polar surface area (TPSA) is 58.6 Å². The van der Waals surface area contributed by atoms with Crippen molar-refractivity contribution in [3.05, 3.63) is 28.5 Å². The average molecular weight is 280 g/mol. The molecule has 2 rings (SSSR count). The number of thiophene rings is 1. The Morgan fingerprint density at radius 3 is 3.11 bits per heavy atom. The standard InChI is InChI=1S/C13H16N2O3S/c1-18-13(17)15-6-4-11(8-15)14-12(16)3-2-10-5-7-19-9-10/h2-3,5,7,9,11H,4,6,8H2,1H3,(H,14,16)/b3-2+/t11-/m0/s1. The average Bonchev–Trinajstić information content (AvgIpc) is 3.06. The highest BCUT2D eigenvalue weighted by molar-refractivity contribution is 7.08. The van der Waals surface area contributed by atoms with Crippen molar-refractivity contribution in [2.75, 3.05) is 20.2 Å². The summed E-state index contributed by atoms with van der Waals surface area (Å²) < 4.78 is 4.65. The van der Waals surface area contributed by atoms with E-state index in [4.69, 9.17) is 0 Å². The van der Waals surface area contributed by atoms with E-state index in [9.17, 15) is 9.59 Å². The van der Waals surface area contributed by atoms with E-state index in [1.807, 2.05) is 16.8 Å². The van der Waals surface area contributed by atoms with Crippen molar-refractivity contribution in [3.63, 3.8) is 0 Å². The van der Waals surface area contributed by atoms with Gasteiger partial charge >= 0.3 is 6.09 Å². The van der Waals surface area contributed by atoms with Gasteiger partial charge in [-0.15, -0.1) is 0 Å². The summed E-state index contributed by atoms with van der Waals surface area (Å²) in [5, 5.41) is 6.81. The van der Waals surface area contributed by atoms with Crippen LogP contribution in [-0.2, 0) is 9.53 Å². The Labute approximate surface area is 115 Å². The van der Waals surface area contributed by atoms with Gasteiger partial charge in [-0.2, -0.15) is 11.3 Å². The van der Waals surface area contributed by atoms with E-state index in [2.05, 4.69) is 10.1 Å². The molecule has 1 fully saturated rings. The van der Waals surface area contributed by atoms with Crippen molar-refractivity contribution in [1.82, 2.24) is 10.2 Å². The minimum absolute atomic E-state index is 0.00118. The lowest BCUT2D eigenvalue weighted by Crippen LogP contribution is -2.37. The van der Waals surface area contributed by atoms with Crippen LogP contribution in [0.15, 0.2) is 22.9 Å². The number of nitrogens with one attached hydrogen (secondary N) is 1. The Bertz CT molecular complexity index is 470. The van der Waals surface area contributed by atoms with Crippen molar-refractivity contribution in [1.29, 1.82) is 0 Å². The molecule has 0 aromatic carbocycles. The molecule has 1 atom stereocenters. The molecular formula is C13H16N2O3S. The maximum atomic E-state index is 11.7. The lowest BCUT2D eigenvalue weighted by molar-refractivity contribution is -0.117. The van der Waals surface area contributed by atoms with Gasteiger partial charge in [0.05, 0.1) is 7.11 Å². The molecule has 2 heterocycles. The van der Waals surface area contributed by atoms with E-state index < -0.39 is 0 Å². The van der Waals surface area contributed by atoms with Gasteiger partial charge in [0, 0.05) is 25.2 Å². The van der Waals surface area contributed by atoms with Crippen LogP contribution in [0.1, 0.15) is 12.0 Å². The molecule has 102 valence electrons. The fourth-order valence-corrected chi connectivity index (χ4v) is 2.59. The number of carbonyl (C=O) groups excluding carboxylic acids is 2. The molecule has 0 radical (unpaired) electrons. The molecule has 19 heavy (non-hydrogen) atoms. The molecular weight excluding hydrogens is 264 g/mol. The Balaban J connectivity index is 1.79. The summed E-state index contributed by atoms with van der Waals surface area (Å²) >= 11 is 1.59. The lowest BCUT2D eigenvalue weighted by Gasteiger charge is -2.14. The third-order valence-electron chi connectivity index (χ3n) is 2.94. The molecule has 0 bridgehead atoms. The molecule has 1 aliphatic heterocycles. The summed E-state index contributed by atoms with van der Waals surface area (Å²) in [6, 6.07) is 1.95. The molecule has 1 aromatic rings. The molecule has 2 amide bonds. The van der Waals surface area contributed by atoms with E-state index in [0.29, 0.717) is 13.1 Å². The van der Waals surface area contributed by atoms with Crippen LogP contribution in [0, 0.1) is 0 Å². The fraction of sp³-hybridized carbons (Fsp3) is 0.385. The monoisotopic (exact) mass is 280 g/mol. The van der Waals surface area contributed by atoms with Crippen LogP contribution in [0.5, 0.6) is 0 Å². The van der Waals surface area contributed by atoms with Crippen molar-refractivity contribution in [2.45, 2.75) is 12.5 Å². The first-order valence-electron chi connectivity index (χ1n) is 6.02. The number of rotatable bonds is 3. The van der Waals surface area contributed by atoms with Crippen LogP contribution < -0.4 is 5.32 Å². The van der Waals surface area contributed by atoms with Gasteiger partial charge < -0.3 is 15.0 Å². The van der Waals surface area contributed by atoms with Gasteiger partial charge in [0.25, 0.3) is 0 Å². The third-order valence-corrected chi connectivity index (χ3v) is 3.64. The molecule has 1 saturated heterocycles. The maximum Gasteiger partial charge on any atom is 0.409 e. The van der Waals surface area contributed by atoms with Gasteiger partial charge in [-0.05, 0) is 34.9 Å². The van der Waals surface area contributed by atoms with Crippen LogP contribution >= 0.6 is 11.3 Å². The van der Waals surface area contributed by atoms with E-state index in [1.54, 1.807) is 22.3 Å². The SMILES string of the molecule is COC(=O)N1CC[C@H](NC(=O)/C=C/c2ccsc2)C1. The molecule has 1 N–H and O–H groups in total. The van der Waals surface area contributed by atoms with Crippen LogP contribution in [0.2, 0.25) is 0 Å². The Morgan fingerprint density at radius 1 is 1.58 bits per heavy atom. The number of carbonyl (C=O) groups is 2. The number of nitrogens with zero attached hydrogens (tertiary/aromatic N) is 1. The van der Waals surface area contributed by atoms with E-state index in [-0.39, 0.29) is 18.0 Å². The predicted molar refractivity (Wildman–Crippen MR) is 73.9 cm³/mol. The maximum absolute atomic E-state index is 11.7. The predicted octanol–water partition coefficient (Wildman–Crippen LogP) is 1.72. The van der Waals surface area contributed by atoms with Gasteiger partial charge in [-0.25, -0.2) is 4.79 Å². The van der Waals surface area contributed by atoms with Gasteiger partial charge in [-0.3, -0.25) is 4.79 Å². The lowest BCUT2D eigenvalue weighted by atomic mass is 10.2. The van der Waals surface area contributed by atoms with E-state index >= 15 is 0 Å². The Kier molecular flexibility index (Phi) is 4.57. The highest BCUT2D eigenvalue weighted by Crippen LogP contribution is 2.11. The van der Waals surface area contributed by atoms with Crippen LogP contribution in [0.4, 0.5) is 4.79 Å². The first-order valence-corrected chi connectivity index (χ1v) is 6.97. The smallest absolute Gasteiger partial charge is 0.409 e. The van der Waals surface area contributed by atoms with Crippen molar-refractivity contribution >= 4 is 29.4 Å². The molecule has 0 spiro atoms. The number of ether oxygens (including phenoxy) is 1. The summed E-state index contributed by atoms with van der Waals surface area (Å²) in [4.78, 5) is 24.6. The van der Waals surface area contributed by atoms with Crippen LogP contribution in [-0.4, -0.2) is 43.1 Å². The highest BCUT2D eigenvalue weighted by atomic mass is 32.1. The summed E-state index contributed by atoms with van der Waals surface area (Å²) in [6.07, 6.45) is 3.71. The molecule has 1 aliphatic rings. The second kappa shape index (κ2) is 6.38. The molecule has 6 heteroatoms. The second-order valence-corrected chi connectivity index (χ2v) is 5.08. The third kappa shape index (κ3) is 3.82. The molecule has 0 unspecified atom stereocenters. The number of hydrogen-bond acceptors (Lipinski definition) is 4. The highest BCUT2D eigenvalue weighted by Gasteiger charge is 2.27. The second-order valence-electron chi connectivity index (χ2n) is 4.30. The first-order chi connectivity index (χ1) is 9.19. The Morgan fingerprint density at radius 2 is 2.42 bits per heavy atom.